The third kappa shape index (κ3) is 3.82. The first-order chi connectivity index (χ1) is 16.7. The molecule has 4 nitrogen and oxygen atoms in total. The number of amides is 1. The number of likely N-dealkylation sites (tertiary alicyclic amines) is 1. The van der Waals surface area contributed by atoms with Crippen molar-refractivity contribution in [2.75, 3.05) is 13.1 Å². The van der Waals surface area contributed by atoms with E-state index in [-0.39, 0.29) is 11.3 Å². The van der Waals surface area contributed by atoms with Crippen molar-refractivity contribution < 1.29 is 4.79 Å². The first-order valence-corrected chi connectivity index (χ1v) is 12.6. The summed E-state index contributed by atoms with van der Waals surface area (Å²) in [7, 11) is 0. The zero-order chi connectivity index (χ0) is 23.0. The Morgan fingerprint density at radius 3 is 2.76 bits per heavy atom. The number of fused-ring (bicyclic) bond motifs is 2. The molecule has 1 fully saturated rings. The Hall–Kier alpha value is -3.36. The molecule has 1 saturated heterocycles. The van der Waals surface area contributed by atoms with Crippen LogP contribution in [0.5, 0.6) is 0 Å². The summed E-state index contributed by atoms with van der Waals surface area (Å²) >= 11 is 0. The van der Waals surface area contributed by atoms with Crippen LogP contribution in [0, 0.1) is 0 Å². The van der Waals surface area contributed by atoms with Crippen LogP contribution in [0.25, 0.3) is 5.57 Å². The van der Waals surface area contributed by atoms with Crippen molar-refractivity contribution in [2.24, 2.45) is 0 Å². The molecular formula is C30H31N3O. The first-order valence-electron chi connectivity index (χ1n) is 12.6. The van der Waals surface area contributed by atoms with Crippen molar-refractivity contribution in [3.63, 3.8) is 0 Å². The quantitative estimate of drug-likeness (QED) is 0.635. The van der Waals surface area contributed by atoms with Crippen molar-refractivity contribution in [2.45, 2.75) is 56.8 Å². The molecule has 0 bridgehead atoms. The molecule has 1 aromatic carbocycles. The average molecular weight is 450 g/mol. The summed E-state index contributed by atoms with van der Waals surface area (Å²) in [6.45, 7) is 1.86. The molecule has 0 atom stereocenters. The van der Waals surface area contributed by atoms with Gasteiger partial charge < -0.3 is 10.2 Å². The third-order valence-electron chi connectivity index (χ3n) is 8.14. The second-order valence-corrected chi connectivity index (χ2v) is 10.1. The highest BCUT2D eigenvalue weighted by Gasteiger charge is 2.40. The number of carbonyl (C=O) groups excluding carboxylic acids is 1. The molecule has 34 heavy (non-hydrogen) atoms. The van der Waals surface area contributed by atoms with Crippen LogP contribution in [0.1, 0.15) is 61.6 Å². The summed E-state index contributed by atoms with van der Waals surface area (Å²) in [6.07, 6.45) is 16.7. The van der Waals surface area contributed by atoms with E-state index in [1.54, 1.807) is 0 Å². The van der Waals surface area contributed by atoms with E-state index in [0.717, 1.165) is 69.4 Å². The second-order valence-electron chi connectivity index (χ2n) is 10.1. The van der Waals surface area contributed by atoms with Gasteiger partial charge in [-0.15, -0.1) is 0 Å². The van der Waals surface area contributed by atoms with E-state index in [1.807, 2.05) is 18.5 Å². The molecule has 2 aliphatic carbocycles. The van der Waals surface area contributed by atoms with Gasteiger partial charge in [-0.25, -0.2) is 0 Å². The number of hydrogen-bond donors (Lipinski definition) is 1. The highest BCUT2D eigenvalue weighted by Crippen LogP contribution is 2.46. The first kappa shape index (κ1) is 21.2. The molecule has 172 valence electrons. The van der Waals surface area contributed by atoms with Gasteiger partial charge in [-0.2, -0.15) is 0 Å². The maximum atomic E-state index is 12.9. The normalized spacial score (nSPS) is 21.3. The molecule has 1 amide bonds. The predicted octanol–water partition coefficient (Wildman–Crippen LogP) is 5.44. The Kier molecular flexibility index (Phi) is 5.47. The van der Waals surface area contributed by atoms with E-state index in [0.29, 0.717) is 0 Å². The topological polar surface area (TPSA) is 45.2 Å². The summed E-state index contributed by atoms with van der Waals surface area (Å²) in [5.74, 6) is 0.934. The van der Waals surface area contributed by atoms with E-state index in [2.05, 4.69) is 63.4 Å². The van der Waals surface area contributed by atoms with E-state index >= 15 is 0 Å². The van der Waals surface area contributed by atoms with Gasteiger partial charge in [-0.1, -0.05) is 42.1 Å². The highest BCUT2D eigenvalue weighted by molar-refractivity contribution is 5.96. The Morgan fingerprint density at radius 1 is 1.06 bits per heavy atom. The molecule has 1 aromatic heterocycles. The molecule has 6 rings (SSSR count). The molecule has 0 unspecified atom stereocenters. The van der Waals surface area contributed by atoms with Gasteiger partial charge >= 0.3 is 0 Å². The number of allylic oxidation sites excluding steroid dienone is 4. The number of nitrogens with zero attached hydrogens (tertiary/aromatic N) is 2. The molecule has 2 aliphatic heterocycles. The van der Waals surface area contributed by atoms with Crippen molar-refractivity contribution in [1.82, 2.24) is 15.2 Å². The van der Waals surface area contributed by atoms with Gasteiger partial charge in [0.1, 0.15) is 0 Å². The number of rotatable bonds is 3. The zero-order valence-corrected chi connectivity index (χ0v) is 19.6. The standard InChI is InChI=1S/C30H31N3O/c34-29-26-9-2-1-7-23(26)11-12-28(32-29)33-18-15-30(16-19-33)14-13-24(20-22-6-5-17-31-21-22)25-8-3-4-10-27(25)30/h3-6,8,10-11,13,17,21H,1-2,7,9,14-16,18-20H2,(H,32,34). The van der Waals surface area contributed by atoms with E-state index in [1.165, 1.54) is 34.3 Å². The molecule has 2 aromatic rings. The monoisotopic (exact) mass is 449 g/mol. The Morgan fingerprint density at radius 2 is 1.91 bits per heavy atom. The number of hydrogen-bond acceptors (Lipinski definition) is 3. The van der Waals surface area contributed by atoms with Gasteiger partial charge in [0.2, 0.25) is 0 Å². The summed E-state index contributed by atoms with van der Waals surface area (Å²) in [5, 5.41) is 3.18. The van der Waals surface area contributed by atoms with Gasteiger partial charge in [0.15, 0.2) is 5.82 Å². The summed E-state index contributed by atoms with van der Waals surface area (Å²) in [6, 6.07) is 13.2. The molecule has 3 heterocycles. The Bertz CT molecular complexity index is 1240. The van der Waals surface area contributed by atoms with Crippen LogP contribution in [0.3, 0.4) is 0 Å². The van der Waals surface area contributed by atoms with Crippen LogP contribution >= 0.6 is 0 Å². The minimum atomic E-state index is 0.0808. The van der Waals surface area contributed by atoms with Gasteiger partial charge in [0, 0.05) is 36.5 Å². The van der Waals surface area contributed by atoms with E-state index in [4.69, 9.17) is 0 Å². The number of piperidine rings is 1. The van der Waals surface area contributed by atoms with E-state index in [9.17, 15) is 4.79 Å². The molecule has 4 heteroatoms. The van der Waals surface area contributed by atoms with Crippen LogP contribution in [-0.2, 0) is 16.6 Å². The summed E-state index contributed by atoms with van der Waals surface area (Å²) in [5.41, 5.74) is 11.3. The number of carbonyl (C=O) groups is 1. The van der Waals surface area contributed by atoms with Gasteiger partial charge in [0.25, 0.3) is 5.91 Å². The second kappa shape index (κ2) is 8.77. The molecule has 4 aliphatic rings. The number of pyridine rings is 1. The average Bonchev–Trinajstić information content (AvgIpc) is 3.06. The fraction of sp³-hybridized carbons (Fsp3) is 0.367. The zero-order valence-electron chi connectivity index (χ0n) is 19.6. The SMILES string of the molecule is O=C1NC(N2CCC3(CC=C(Cc4cccnc4)c4ccccc43)CC2)=C=CC2=C1CCCC2. The lowest BCUT2D eigenvalue weighted by Crippen LogP contribution is -2.46. The summed E-state index contributed by atoms with van der Waals surface area (Å²) < 4.78 is 0. The fourth-order valence-electron chi connectivity index (χ4n) is 6.18. The van der Waals surface area contributed by atoms with Crippen molar-refractivity contribution in [1.29, 1.82) is 0 Å². The number of nitrogens with one attached hydrogen (secondary N) is 1. The van der Waals surface area contributed by atoms with Gasteiger partial charge in [-0.05, 0) is 91.3 Å². The van der Waals surface area contributed by atoms with Crippen molar-refractivity contribution >= 4 is 11.5 Å². The maximum absolute atomic E-state index is 12.9. The Balaban J connectivity index is 1.22. The van der Waals surface area contributed by atoms with Crippen molar-refractivity contribution in [3.8, 4) is 0 Å². The van der Waals surface area contributed by atoms with Crippen LogP contribution < -0.4 is 5.32 Å². The lowest BCUT2D eigenvalue weighted by Gasteiger charge is -2.45. The maximum Gasteiger partial charge on any atom is 0.253 e. The van der Waals surface area contributed by atoms with Crippen molar-refractivity contribution in [3.05, 3.63) is 100 Å². The largest absolute Gasteiger partial charge is 0.351 e. The molecule has 0 saturated carbocycles. The third-order valence-corrected chi connectivity index (χ3v) is 8.14. The Labute approximate surface area is 201 Å². The molecular weight excluding hydrogens is 418 g/mol. The lowest BCUT2D eigenvalue weighted by molar-refractivity contribution is -0.117. The molecule has 1 N–H and O–H groups in total. The van der Waals surface area contributed by atoms with Gasteiger partial charge in [-0.3, -0.25) is 9.78 Å². The minimum Gasteiger partial charge on any atom is -0.351 e. The summed E-state index contributed by atoms with van der Waals surface area (Å²) in [4.78, 5) is 19.5. The highest BCUT2D eigenvalue weighted by atomic mass is 16.1. The van der Waals surface area contributed by atoms with Crippen LogP contribution in [0.15, 0.2) is 83.6 Å². The molecule has 1 spiro atoms. The molecule has 0 radical (unpaired) electrons. The smallest absolute Gasteiger partial charge is 0.253 e. The number of aromatic nitrogens is 1. The predicted molar refractivity (Wildman–Crippen MR) is 135 cm³/mol. The van der Waals surface area contributed by atoms with E-state index < -0.39 is 0 Å². The van der Waals surface area contributed by atoms with Crippen LogP contribution in [0.2, 0.25) is 0 Å². The fourth-order valence-corrected chi connectivity index (χ4v) is 6.18. The van der Waals surface area contributed by atoms with Gasteiger partial charge in [0.05, 0.1) is 0 Å². The van der Waals surface area contributed by atoms with Crippen LogP contribution in [-0.4, -0.2) is 28.9 Å². The van der Waals surface area contributed by atoms with Crippen LogP contribution in [0.4, 0.5) is 0 Å². The number of benzene rings is 1. The minimum absolute atomic E-state index is 0.0808. The lowest BCUT2D eigenvalue weighted by atomic mass is 9.65.